The van der Waals surface area contributed by atoms with E-state index in [1.54, 1.807) is 24.7 Å². The number of thiazole rings is 1. The molecule has 2 heterocycles. The van der Waals surface area contributed by atoms with Crippen molar-refractivity contribution in [1.82, 2.24) is 4.98 Å². The van der Waals surface area contributed by atoms with Crippen molar-refractivity contribution in [1.29, 1.82) is 0 Å². The summed E-state index contributed by atoms with van der Waals surface area (Å²) in [6, 6.07) is 3.74. The highest BCUT2D eigenvalue weighted by atomic mass is 32.1. The van der Waals surface area contributed by atoms with Crippen LogP contribution in [0.2, 0.25) is 0 Å². The van der Waals surface area contributed by atoms with Crippen LogP contribution in [0.5, 0.6) is 0 Å². The summed E-state index contributed by atoms with van der Waals surface area (Å²) in [4.78, 5) is 9.79. The molecule has 0 N–H and O–H groups in total. The van der Waals surface area contributed by atoms with Crippen LogP contribution in [0, 0.1) is 13.8 Å². The highest BCUT2D eigenvalue weighted by Crippen LogP contribution is 2.23. The van der Waals surface area contributed by atoms with Gasteiger partial charge in [-0.05, 0) is 26.0 Å². The highest BCUT2D eigenvalue weighted by Gasteiger charge is 2.02. The van der Waals surface area contributed by atoms with Crippen molar-refractivity contribution in [3.05, 3.63) is 34.2 Å². The Kier molecular flexibility index (Phi) is 3.71. The molecule has 2 aromatic heterocycles. The minimum atomic E-state index is 0.476. The van der Waals surface area contributed by atoms with E-state index in [0.717, 1.165) is 16.6 Å². The molecule has 2 aromatic rings. The second kappa shape index (κ2) is 5.25. The van der Waals surface area contributed by atoms with Crippen molar-refractivity contribution in [2.45, 2.75) is 20.5 Å². The number of aromatic nitrogens is 1. The fraction of sp³-hybridized carbons (Fsp3) is 0.333. The van der Waals surface area contributed by atoms with Gasteiger partial charge in [0.15, 0.2) is 0 Å². The fourth-order valence-electron chi connectivity index (χ4n) is 1.31. The third-order valence-electron chi connectivity index (χ3n) is 2.29. The van der Waals surface area contributed by atoms with Crippen LogP contribution >= 0.6 is 11.3 Å². The maximum atomic E-state index is 5.49. The molecule has 0 saturated carbocycles. The first kappa shape index (κ1) is 12.0. The minimum Gasteiger partial charge on any atom is -0.458 e. The standard InChI is InChI=1S/C12H14N2O2S/c1-8-9(2)17-12(14-8)13-6-10-4-5-11(16-10)7-15-3/h4-6H,7H2,1-3H3. The Morgan fingerprint density at radius 3 is 2.94 bits per heavy atom. The van der Waals surface area contributed by atoms with Crippen molar-refractivity contribution in [2.75, 3.05) is 7.11 Å². The maximum Gasteiger partial charge on any atom is 0.209 e. The van der Waals surface area contributed by atoms with E-state index in [9.17, 15) is 0 Å². The molecular formula is C12H14N2O2S. The molecule has 0 unspecified atom stereocenters. The number of ether oxygens (including phenoxy) is 1. The fourth-order valence-corrected chi connectivity index (χ4v) is 2.07. The number of rotatable bonds is 4. The molecule has 17 heavy (non-hydrogen) atoms. The summed E-state index contributed by atoms with van der Waals surface area (Å²) < 4.78 is 10.5. The zero-order valence-electron chi connectivity index (χ0n) is 10.1. The van der Waals surface area contributed by atoms with Gasteiger partial charge in [-0.3, -0.25) is 0 Å². The number of hydrogen-bond donors (Lipinski definition) is 0. The van der Waals surface area contributed by atoms with E-state index in [1.165, 1.54) is 4.88 Å². The molecule has 0 aromatic carbocycles. The predicted octanol–water partition coefficient (Wildman–Crippen LogP) is 3.25. The summed E-state index contributed by atoms with van der Waals surface area (Å²) in [5.74, 6) is 1.50. The Bertz CT molecular complexity index is 509. The second-order valence-corrected chi connectivity index (χ2v) is 4.81. The summed E-state index contributed by atoms with van der Waals surface area (Å²) in [7, 11) is 1.64. The lowest BCUT2D eigenvalue weighted by Crippen LogP contribution is -1.82. The van der Waals surface area contributed by atoms with Gasteiger partial charge in [0.2, 0.25) is 5.13 Å². The molecule has 5 heteroatoms. The zero-order valence-corrected chi connectivity index (χ0v) is 10.9. The Balaban J connectivity index is 2.08. The van der Waals surface area contributed by atoms with Crippen LogP contribution in [0.15, 0.2) is 21.5 Å². The van der Waals surface area contributed by atoms with Gasteiger partial charge in [-0.15, -0.1) is 0 Å². The first-order chi connectivity index (χ1) is 8.19. The number of aryl methyl sites for hydroxylation is 2. The second-order valence-electron chi connectivity index (χ2n) is 3.63. The van der Waals surface area contributed by atoms with E-state index in [2.05, 4.69) is 9.98 Å². The molecule has 0 fully saturated rings. The Labute approximate surface area is 104 Å². The summed E-state index contributed by atoms with van der Waals surface area (Å²) in [6.45, 7) is 4.49. The van der Waals surface area contributed by atoms with Gasteiger partial charge >= 0.3 is 0 Å². The van der Waals surface area contributed by atoms with E-state index in [0.29, 0.717) is 12.4 Å². The van der Waals surface area contributed by atoms with Crippen LogP contribution in [-0.4, -0.2) is 18.3 Å². The number of methoxy groups -OCH3 is 1. The summed E-state index contributed by atoms with van der Waals surface area (Å²) >= 11 is 1.58. The maximum absolute atomic E-state index is 5.49. The summed E-state index contributed by atoms with van der Waals surface area (Å²) in [5.41, 5.74) is 1.03. The van der Waals surface area contributed by atoms with Gasteiger partial charge in [0.05, 0.1) is 11.9 Å². The Morgan fingerprint density at radius 2 is 2.29 bits per heavy atom. The van der Waals surface area contributed by atoms with Crippen molar-refractivity contribution < 1.29 is 9.15 Å². The van der Waals surface area contributed by atoms with Crippen LogP contribution in [0.3, 0.4) is 0 Å². The van der Waals surface area contributed by atoms with E-state index >= 15 is 0 Å². The normalized spacial score (nSPS) is 11.5. The lowest BCUT2D eigenvalue weighted by Gasteiger charge is -1.91. The molecule has 0 aliphatic heterocycles. The highest BCUT2D eigenvalue weighted by molar-refractivity contribution is 7.15. The van der Waals surface area contributed by atoms with Gasteiger partial charge < -0.3 is 9.15 Å². The average Bonchev–Trinajstić information content (AvgIpc) is 2.85. The molecule has 0 spiro atoms. The SMILES string of the molecule is COCc1ccc(C=Nc2nc(C)c(C)s2)o1. The van der Waals surface area contributed by atoms with Crippen LogP contribution in [-0.2, 0) is 11.3 Å². The van der Waals surface area contributed by atoms with E-state index in [-0.39, 0.29) is 0 Å². The monoisotopic (exact) mass is 250 g/mol. The largest absolute Gasteiger partial charge is 0.458 e. The third kappa shape index (κ3) is 3.01. The van der Waals surface area contributed by atoms with Gasteiger partial charge in [0, 0.05) is 12.0 Å². The van der Waals surface area contributed by atoms with Gasteiger partial charge in [-0.1, -0.05) is 11.3 Å². The molecule has 0 radical (unpaired) electrons. The van der Waals surface area contributed by atoms with Crippen molar-refractivity contribution in [3.63, 3.8) is 0 Å². The molecule has 0 saturated heterocycles. The molecule has 2 rings (SSSR count). The van der Waals surface area contributed by atoms with Gasteiger partial charge in [-0.25, -0.2) is 9.98 Å². The van der Waals surface area contributed by atoms with E-state index in [1.807, 2.05) is 26.0 Å². The van der Waals surface area contributed by atoms with E-state index < -0.39 is 0 Å². The Hall–Kier alpha value is -1.46. The first-order valence-electron chi connectivity index (χ1n) is 5.25. The lowest BCUT2D eigenvalue weighted by atomic mass is 10.4. The topological polar surface area (TPSA) is 47.6 Å². The molecule has 0 aliphatic carbocycles. The molecule has 90 valence electrons. The molecule has 0 atom stereocenters. The number of nitrogens with zero attached hydrogens (tertiary/aromatic N) is 2. The van der Waals surface area contributed by atoms with Crippen LogP contribution in [0.4, 0.5) is 5.13 Å². The molecule has 0 amide bonds. The van der Waals surface area contributed by atoms with Crippen LogP contribution in [0.1, 0.15) is 22.1 Å². The molecule has 0 aliphatic rings. The first-order valence-corrected chi connectivity index (χ1v) is 6.06. The van der Waals surface area contributed by atoms with Gasteiger partial charge in [-0.2, -0.15) is 0 Å². The average molecular weight is 250 g/mol. The summed E-state index contributed by atoms with van der Waals surface area (Å²) in [5, 5.41) is 0.754. The van der Waals surface area contributed by atoms with Gasteiger partial charge in [0.1, 0.15) is 18.1 Å². The van der Waals surface area contributed by atoms with Crippen molar-refractivity contribution in [3.8, 4) is 0 Å². The number of aliphatic imine (C=N–C) groups is 1. The van der Waals surface area contributed by atoms with Crippen LogP contribution in [0.25, 0.3) is 0 Å². The molecule has 4 nitrogen and oxygen atoms in total. The molecular weight excluding hydrogens is 236 g/mol. The Morgan fingerprint density at radius 1 is 1.47 bits per heavy atom. The molecule has 0 bridgehead atoms. The predicted molar refractivity (Wildman–Crippen MR) is 68.3 cm³/mol. The lowest BCUT2D eigenvalue weighted by molar-refractivity contribution is 0.164. The summed E-state index contributed by atoms with van der Waals surface area (Å²) in [6.07, 6.45) is 1.68. The quantitative estimate of drug-likeness (QED) is 0.782. The van der Waals surface area contributed by atoms with Crippen molar-refractivity contribution >= 4 is 22.7 Å². The minimum absolute atomic E-state index is 0.476. The number of hydrogen-bond acceptors (Lipinski definition) is 5. The zero-order chi connectivity index (χ0) is 12.3. The third-order valence-corrected chi connectivity index (χ3v) is 3.27. The van der Waals surface area contributed by atoms with E-state index in [4.69, 9.17) is 9.15 Å². The van der Waals surface area contributed by atoms with Crippen molar-refractivity contribution in [2.24, 2.45) is 4.99 Å². The smallest absolute Gasteiger partial charge is 0.209 e. The van der Waals surface area contributed by atoms with Crippen LogP contribution < -0.4 is 0 Å². The van der Waals surface area contributed by atoms with Gasteiger partial charge in [0.25, 0.3) is 0 Å². The number of furan rings is 1.